The summed E-state index contributed by atoms with van der Waals surface area (Å²) in [5, 5.41) is 0. The van der Waals surface area contributed by atoms with E-state index in [9.17, 15) is 4.79 Å². The van der Waals surface area contributed by atoms with Crippen LogP contribution >= 0.6 is 11.8 Å². The van der Waals surface area contributed by atoms with Gasteiger partial charge in [-0.05, 0) is 12.7 Å². The second-order valence-corrected chi connectivity index (χ2v) is 3.87. The molecule has 0 fully saturated rings. The van der Waals surface area contributed by atoms with Gasteiger partial charge in [0.25, 0.3) is 0 Å². The summed E-state index contributed by atoms with van der Waals surface area (Å²) < 4.78 is 4.80. The summed E-state index contributed by atoms with van der Waals surface area (Å²) in [4.78, 5) is 13.2. The van der Waals surface area contributed by atoms with Crippen molar-refractivity contribution >= 4 is 17.7 Å². The van der Waals surface area contributed by atoms with Gasteiger partial charge in [-0.2, -0.15) is 11.8 Å². The summed E-state index contributed by atoms with van der Waals surface area (Å²) in [5.74, 6) is 1.05. The van der Waals surface area contributed by atoms with E-state index in [0.29, 0.717) is 6.04 Å². The van der Waals surface area contributed by atoms with Crippen LogP contribution in [0, 0.1) is 0 Å². The van der Waals surface area contributed by atoms with Crippen molar-refractivity contribution in [3.8, 4) is 0 Å². The van der Waals surface area contributed by atoms with Gasteiger partial charge in [0, 0.05) is 26.0 Å². The maximum Gasteiger partial charge on any atom is 0.248 e. The molecule has 1 amide bonds. The normalized spacial score (nSPS) is 12.6. The Bertz CT molecular complexity index is 153. The number of likely N-dealkylation sites (N-methyl/N-ethyl adjacent to an activating group) is 1. The molecule has 3 nitrogen and oxygen atoms in total. The minimum absolute atomic E-state index is 0.0587. The fourth-order valence-corrected chi connectivity index (χ4v) is 1.97. The predicted octanol–water partition coefficient (Wildman–Crippen LogP) is 1.23. The number of carbonyl (C=O) groups excluding carboxylic acids is 1. The number of carbonyl (C=O) groups is 1. The van der Waals surface area contributed by atoms with Gasteiger partial charge in [0.15, 0.2) is 0 Å². The van der Waals surface area contributed by atoms with Crippen LogP contribution in [0.3, 0.4) is 0 Å². The van der Waals surface area contributed by atoms with Crippen LogP contribution in [0.1, 0.15) is 13.3 Å². The standard InChI is InChI=1S/C9H19NO2S/c1-5-8(7-13-4)10(2)9(11)6-12-3/h8H,5-7H2,1-4H3/t8-/m0/s1. The molecule has 0 aromatic carbocycles. The summed E-state index contributed by atoms with van der Waals surface area (Å²) in [5.41, 5.74) is 0. The molecule has 0 radical (unpaired) electrons. The van der Waals surface area contributed by atoms with Crippen LogP contribution in [0.15, 0.2) is 0 Å². The van der Waals surface area contributed by atoms with Crippen molar-refractivity contribution in [3.63, 3.8) is 0 Å². The number of amides is 1. The topological polar surface area (TPSA) is 29.5 Å². The Hall–Kier alpha value is -0.220. The van der Waals surface area contributed by atoms with Gasteiger partial charge in [-0.1, -0.05) is 6.92 Å². The maximum atomic E-state index is 11.4. The van der Waals surface area contributed by atoms with E-state index < -0.39 is 0 Å². The first-order valence-corrected chi connectivity index (χ1v) is 5.80. The van der Waals surface area contributed by atoms with Gasteiger partial charge in [-0.25, -0.2) is 0 Å². The van der Waals surface area contributed by atoms with Crippen molar-refractivity contribution in [1.82, 2.24) is 4.90 Å². The largest absolute Gasteiger partial charge is 0.375 e. The van der Waals surface area contributed by atoms with Crippen molar-refractivity contribution in [2.75, 3.05) is 32.8 Å². The van der Waals surface area contributed by atoms with Gasteiger partial charge in [-0.15, -0.1) is 0 Å². The smallest absolute Gasteiger partial charge is 0.248 e. The van der Waals surface area contributed by atoms with Crippen molar-refractivity contribution in [2.45, 2.75) is 19.4 Å². The van der Waals surface area contributed by atoms with Crippen molar-refractivity contribution in [3.05, 3.63) is 0 Å². The quantitative estimate of drug-likeness (QED) is 0.653. The maximum absolute atomic E-state index is 11.4. The van der Waals surface area contributed by atoms with Crippen LogP contribution in [0.2, 0.25) is 0 Å². The molecule has 1 atom stereocenters. The number of hydrogen-bond donors (Lipinski definition) is 0. The molecule has 0 bridgehead atoms. The highest BCUT2D eigenvalue weighted by molar-refractivity contribution is 7.98. The zero-order chi connectivity index (χ0) is 10.3. The zero-order valence-electron chi connectivity index (χ0n) is 8.87. The monoisotopic (exact) mass is 205 g/mol. The molecule has 0 saturated heterocycles. The highest BCUT2D eigenvalue weighted by Crippen LogP contribution is 2.08. The molecule has 0 N–H and O–H groups in total. The van der Waals surface area contributed by atoms with E-state index in [1.165, 1.54) is 0 Å². The Labute approximate surface area is 84.8 Å². The summed E-state index contributed by atoms with van der Waals surface area (Å²) in [6.45, 7) is 2.28. The molecule has 0 aliphatic carbocycles. The first-order valence-electron chi connectivity index (χ1n) is 4.40. The number of thioether (sulfide) groups is 1. The molecule has 0 saturated carbocycles. The number of methoxy groups -OCH3 is 1. The minimum atomic E-state index is 0.0587. The van der Waals surface area contributed by atoms with Gasteiger partial charge in [0.05, 0.1) is 0 Å². The summed E-state index contributed by atoms with van der Waals surface area (Å²) in [6.07, 6.45) is 3.05. The van der Waals surface area contributed by atoms with Crippen LogP contribution in [0.4, 0.5) is 0 Å². The Morgan fingerprint density at radius 2 is 2.23 bits per heavy atom. The Balaban J connectivity index is 4.02. The Morgan fingerprint density at radius 1 is 1.62 bits per heavy atom. The lowest BCUT2D eigenvalue weighted by Crippen LogP contribution is -2.40. The minimum Gasteiger partial charge on any atom is -0.375 e. The zero-order valence-corrected chi connectivity index (χ0v) is 9.69. The highest BCUT2D eigenvalue weighted by atomic mass is 32.2. The van der Waals surface area contributed by atoms with Gasteiger partial charge < -0.3 is 9.64 Å². The van der Waals surface area contributed by atoms with Crippen molar-refractivity contribution < 1.29 is 9.53 Å². The molecule has 0 heterocycles. The predicted molar refractivity (Wildman–Crippen MR) is 57.1 cm³/mol. The molecule has 4 heteroatoms. The molecule has 78 valence electrons. The summed E-state index contributed by atoms with van der Waals surface area (Å²) in [7, 11) is 3.38. The van der Waals surface area contributed by atoms with Gasteiger partial charge >= 0.3 is 0 Å². The van der Waals surface area contributed by atoms with Crippen molar-refractivity contribution in [2.24, 2.45) is 0 Å². The molecular formula is C9H19NO2S. The van der Waals surface area contributed by atoms with Gasteiger partial charge in [0.2, 0.25) is 5.91 Å². The lowest BCUT2D eigenvalue weighted by atomic mass is 10.2. The molecule has 0 unspecified atom stereocenters. The van der Waals surface area contributed by atoms with E-state index in [2.05, 4.69) is 13.2 Å². The van der Waals surface area contributed by atoms with Crippen LogP contribution in [0.25, 0.3) is 0 Å². The number of hydrogen-bond acceptors (Lipinski definition) is 3. The Morgan fingerprint density at radius 3 is 2.62 bits per heavy atom. The van der Waals surface area contributed by atoms with E-state index >= 15 is 0 Å². The second-order valence-electron chi connectivity index (χ2n) is 2.96. The van der Waals surface area contributed by atoms with Crippen molar-refractivity contribution in [1.29, 1.82) is 0 Å². The van der Waals surface area contributed by atoms with Crippen LogP contribution in [-0.4, -0.2) is 49.6 Å². The highest BCUT2D eigenvalue weighted by Gasteiger charge is 2.16. The van der Waals surface area contributed by atoms with Crippen LogP contribution in [0.5, 0.6) is 0 Å². The summed E-state index contributed by atoms with van der Waals surface area (Å²) in [6, 6.07) is 0.331. The molecule has 0 aliphatic heterocycles. The molecule has 0 aliphatic rings. The second kappa shape index (κ2) is 7.21. The van der Waals surface area contributed by atoms with Crippen LogP contribution in [-0.2, 0) is 9.53 Å². The lowest BCUT2D eigenvalue weighted by Gasteiger charge is -2.26. The third kappa shape index (κ3) is 4.52. The molecule has 0 aromatic rings. The SMILES string of the molecule is CC[C@@H](CSC)N(C)C(=O)COC. The number of rotatable bonds is 6. The average Bonchev–Trinajstić information content (AvgIpc) is 2.13. The first kappa shape index (κ1) is 12.8. The molecule has 0 aromatic heterocycles. The van der Waals surface area contributed by atoms with E-state index in [-0.39, 0.29) is 12.5 Å². The third-order valence-corrected chi connectivity index (χ3v) is 2.76. The fraction of sp³-hybridized carbons (Fsp3) is 0.889. The van der Waals surface area contributed by atoms with Gasteiger partial charge in [-0.3, -0.25) is 4.79 Å². The molecular weight excluding hydrogens is 186 g/mol. The van der Waals surface area contributed by atoms with Crippen LogP contribution < -0.4 is 0 Å². The lowest BCUT2D eigenvalue weighted by molar-refractivity contribution is -0.135. The van der Waals surface area contributed by atoms with E-state index in [0.717, 1.165) is 12.2 Å². The fourth-order valence-electron chi connectivity index (χ4n) is 1.12. The molecule has 0 rings (SSSR count). The van der Waals surface area contributed by atoms with E-state index in [1.54, 1.807) is 23.8 Å². The average molecular weight is 205 g/mol. The number of ether oxygens (including phenoxy) is 1. The third-order valence-electron chi connectivity index (χ3n) is 2.04. The molecule has 0 spiro atoms. The Kier molecular flexibility index (Phi) is 7.09. The summed E-state index contributed by atoms with van der Waals surface area (Å²) >= 11 is 1.76. The number of nitrogens with zero attached hydrogens (tertiary/aromatic N) is 1. The van der Waals surface area contributed by atoms with E-state index in [1.807, 2.05) is 7.05 Å². The van der Waals surface area contributed by atoms with Gasteiger partial charge in [0.1, 0.15) is 6.61 Å². The molecule has 13 heavy (non-hydrogen) atoms. The van der Waals surface area contributed by atoms with E-state index in [4.69, 9.17) is 4.74 Å². The first-order chi connectivity index (χ1) is 6.17.